The number of benzene rings is 2. The normalized spacial score (nSPS) is 12.1. The summed E-state index contributed by atoms with van der Waals surface area (Å²) < 4.78 is 38.1. The van der Waals surface area contributed by atoms with Crippen molar-refractivity contribution in [3.63, 3.8) is 0 Å². The van der Waals surface area contributed by atoms with E-state index in [4.69, 9.17) is 9.15 Å². The van der Waals surface area contributed by atoms with E-state index in [-0.39, 0.29) is 6.54 Å². The Morgan fingerprint density at radius 1 is 1.16 bits per heavy atom. The predicted octanol–water partition coefficient (Wildman–Crippen LogP) is 4.22. The number of nitrogens with one attached hydrogen (secondary N) is 2. The van der Waals surface area contributed by atoms with Gasteiger partial charge in [-0.1, -0.05) is 24.3 Å². The van der Waals surface area contributed by atoms with Gasteiger partial charge in [-0.05, 0) is 24.3 Å². The van der Waals surface area contributed by atoms with Gasteiger partial charge in [0, 0.05) is 12.5 Å². The van der Waals surface area contributed by atoms with Crippen molar-refractivity contribution in [3.8, 4) is 0 Å². The number of hydrogen-bond donors (Lipinski definition) is 2. The monoisotopic (exact) mass is 346 g/mol. The molecule has 3 rings (SSSR count). The standard InChI is InChI=1S/C18H16F2N2O3/c1-24-16(15-9-11-5-2-3-8-14(11)25-15)10-21-18(23)22-17-12(19)6-4-7-13(17)20/h2-9,16H,10H2,1H3,(H2,21,22,23)/t16-/m1/s1. The minimum atomic E-state index is -0.851. The third-order valence-electron chi connectivity index (χ3n) is 3.70. The van der Waals surface area contributed by atoms with Gasteiger partial charge in [0.25, 0.3) is 0 Å². The second kappa shape index (κ2) is 7.31. The Labute approximate surface area is 142 Å². The minimum absolute atomic E-state index is 0.0677. The number of halogens is 2. The van der Waals surface area contributed by atoms with Crippen LogP contribution in [-0.4, -0.2) is 19.7 Å². The van der Waals surface area contributed by atoms with E-state index in [9.17, 15) is 13.6 Å². The van der Waals surface area contributed by atoms with E-state index in [2.05, 4.69) is 10.6 Å². The number of carbonyl (C=O) groups is 1. The number of carbonyl (C=O) groups excluding carboxylic acids is 1. The lowest BCUT2D eigenvalue weighted by molar-refractivity contribution is 0.0870. The summed E-state index contributed by atoms with van der Waals surface area (Å²) in [5.41, 5.74) is 0.204. The van der Waals surface area contributed by atoms with Gasteiger partial charge in [0.1, 0.15) is 34.8 Å². The van der Waals surface area contributed by atoms with Gasteiger partial charge in [-0.2, -0.15) is 0 Å². The van der Waals surface area contributed by atoms with E-state index < -0.39 is 29.5 Å². The number of para-hydroxylation sites is 2. The SMILES string of the molecule is CO[C@H](CNC(=O)Nc1c(F)cccc1F)c1cc2ccccc2o1. The Morgan fingerprint density at radius 2 is 1.88 bits per heavy atom. The molecule has 0 saturated carbocycles. The molecule has 0 radical (unpaired) electrons. The molecule has 130 valence electrons. The first-order chi connectivity index (χ1) is 12.1. The summed E-state index contributed by atoms with van der Waals surface area (Å²) in [6.07, 6.45) is -0.538. The zero-order valence-corrected chi connectivity index (χ0v) is 13.4. The first-order valence-corrected chi connectivity index (χ1v) is 7.58. The fourth-order valence-electron chi connectivity index (χ4n) is 2.42. The molecule has 2 N–H and O–H groups in total. The summed E-state index contributed by atoms with van der Waals surface area (Å²) in [7, 11) is 1.48. The lowest BCUT2D eigenvalue weighted by Gasteiger charge is -2.14. The molecule has 1 aromatic heterocycles. The van der Waals surface area contributed by atoms with Crippen molar-refractivity contribution in [1.82, 2.24) is 5.32 Å². The van der Waals surface area contributed by atoms with Gasteiger partial charge in [-0.3, -0.25) is 0 Å². The molecule has 0 bridgehead atoms. The highest BCUT2D eigenvalue weighted by Gasteiger charge is 2.18. The van der Waals surface area contributed by atoms with Crippen molar-refractivity contribution in [2.24, 2.45) is 0 Å². The maximum Gasteiger partial charge on any atom is 0.319 e. The molecular formula is C18H16F2N2O3. The molecule has 0 aliphatic rings. The summed E-state index contributed by atoms with van der Waals surface area (Å²) in [6.45, 7) is 0.0677. The molecule has 5 nitrogen and oxygen atoms in total. The Bertz CT molecular complexity index is 842. The number of ether oxygens (including phenoxy) is 1. The van der Waals surface area contributed by atoms with Gasteiger partial charge in [0.15, 0.2) is 0 Å². The number of methoxy groups -OCH3 is 1. The smallest absolute Gasteiger partial charge is 0.319 e. The Balaban J connectivity index is 1.65. The quantitative estimate of drug-likeness (QED) is 0.727. The van der Waals surface area contributed by atoms with Crippen LogP contribution in [0, 0.1) is 11.6 Å². The summed E-state index contributed by atoms with van der Waals surface area (Å²) in [4.78, 5) is 11.9. The van der Waals surface area contributed by atoms with Gasteiger partial charge >= 0.3 is 6.03 Å². The second-order valence-corrected chi connectivity index (χ2v) is 5.34. The first-order valence-electron chi connectivity index (χ1n) is 7.58. The minimum Gasteiger partial charge on any atom is -0.458 e. The van der Waals surface area contributed by atoms with Crippen LogP contribution in [0.1, 0.15) is 11.9 Å². The van der Waals surface area contributed by atoms with Gasteiger partial charge < -0.3 is 19.8 Å². The van der Waals surface area contributed by atoms with Gasteiger partial charge in [0.05, 0.1) is 6.54 Å². The Kier molecular flexibility index (Phi) is 4.95. The van der Waals surface area contributed by atoms with Crippen molar-refractivity contribution >= 4 is 22.7 Å². The van der Waals surface area contributed by atoms with E-state index in [1.54, 1.807) is 0 Å². The highest BCUT2D eigenvalue weighted by molar-refractivity contribution is 5.89. The van der Waals surface area contributed by atoms with Crippen molar-refractivity contribution in [1.29, 1.82) is 0 Å². The average molecular weight is 346 g/mol. The fraction of sp³-hybridized carbons (Fsp3) is 0.167. The molecule has 3 aromatic rings. The molecule has 25 heavy (non-hydrogen) atoms. The molecular weight excluding hydrogens is 330 g/mol. The molecule has 0 unspecified atom stereocenters. The van der Waals surface area contributed by atoms with E-state index in [1.807, 2.05) is 30.3 Å². The number of urea groups is 1. The third-order valence-corrected chi connectivity index (χ3v) is 3.70. The number of fused-ring (bicyclic) bond motifs is 1. The zero-order chi connectivity index (χ0) is 17.8. The number of furan rings is 1. The van der Waals surface area contributed by atoms with Crippen LogP contribution in [0.25, 0.3) is 11.0 Å². The lowest BCUT2D eigenvalue weighted by atomic mass is 10.2. The topological polar surface area (TPSA) is 63.5 Å². The Morgan fingerprint density at radius 3 is 2.56 bits per heavy atom. The molecule has 2 aromatic carbocycles. The maximum absolute atomic E-state index is 13.5. The number of hydrogen-bond acceptors (Lipinski definition) is 3. The number of rotatable bonds is 5. The van der Waals surface area contributed by atoms with Gasteiger partial charge in [-0.15, -0.1) is 0 Å². The van der Waals surface area contributed by atoms with Crippen LogP contribution >= 0.6 is 0 Å². The molecule has 0 aliphatic carbocycles. The largest absolute Gasteiger partial charge is 0.458 e. The number of amides is 2. The molecule has 0 saturated heterocycles. The van der Waals surface area contributed by atoms with Crippen molar-refractivity contribution < 1.29 is 22.7 Å². The van der Waals surface area contributed by atoms with Crippen LogP contribution in [0.5, 0.6) is 0 Å². The summed E-state index contributed by atoms with van der Waals surface area (Å²) >= 11 is 0. The first kappa shape index (κ1) is 16.9. The maximum atomic E-state index is 13.5. The van der Waals surface area contributed by atoms with Gasteiger partial charge in [-0.25, -0.2) is 13.6 Å². The van der Waals surface area contributed by atoms with Crippen molar-refractivity contribution in [2.75, 3.05) is 19.0 Å². The van der Waals surface area contributed by atoms with Crippen LogP contribution in [0.4, 0.5) is 19.3 Å². The molecule has 0 spiro atoms. The van der Waals surface area contributed by atoms with Crippen LogP contribution in [0.15, 0.2) is 52.9 Å². The summed E-state index contributed by atoms with van der Waals surface area (Å²) in [5, 5.41) is 5.58. The van der Waals surface area contributed by atoms with Crippen LogP contribution < -0.4 is 10.6 Å². The van der Waals surface area contributed by atoms with Crippen LogP contribution in [0.2, 0.25) is 0 Å². The van der Waals surface area contributed by atoms with Crippen molar-refractivity contribution in [3.05, 3.63) is 65.9 Å². The van der Waals surface area contributed by atoms with E-state index in [0.29, 0.717) is 11.3 Å². The van der Waals surface area contributed by atoms with E-state index >= 15 is 0 Å². The lowest BCUT2D eigenvalue weighted by Crippen LogP contribution is -2.33. The van der Waals surface area contributed by atoms with E-state index in [1.165, 1.54) is 13.2 Å². The summed E-state index contributed by atoms with van der Waals surface area (Å²) in [5.74, 6) is -1.16. The second-order valence-electron chi connectivity index (χ2n) is 5.34. The fourth-order valence-corrected chi connectivity index (χ4v) is 2.42. The Hall–Kier alpha value is -2.93. The molecule has 1 atom stereocenters. The van der Waals surface area contributed by atoms with Gasteiger partial charge in [0.2, 0.25) is 0 Å². The zero-order valence-electron chi connectivity index (χ0n) is 13.4. The van der Waals surface area contributed by atoms with E-state index in [0.717, 1.165) is 17.5 Å². The molecule has 0 aliphatic heterocycles. The molecule has 2 amide bonds. The highest BCUT2D eigenvalue weighted by atomic mass is 19.1. The highest BCUT2D eigenvalue weighted by Crippen LogP contribution is 2.25. The molecule has 0 fully saturated rings. The summed E-state index contributed by atoms with van der Waals surface area (Å²) in [6, 6.07) is 11.9. The van der Waals surface area contributed by atoms with Crippen LogP contribution in [0.3, 0.4) is 0 Å². The van der Waals surface area contributed by atoms with Crippen molar-refractivity contribution in [2.45, 2.75) is 6.10 Å². The predicted molar refractivity (Wildman–Crippen MR) is 89.3 cm³/mol. The number of anilines is 1. The average Bonchev–Trinajstić information content (AvgIpc) is 3.02. The van der Waals surface area contributed by atoms with Crippen LogP contribution in [-0.2, 0) is 4.74 Å². The third kappa shape index (κ3) is 3.77. The molecule has 7 heteroatoms. The molecule has 1 heterocycles.